The lowest BCUT2D eigenvalue weighted by molar-refractivity contribution is -0.143. The molecule has 0 aliphatic carbocycles. The van der Waals surface area contributed by atoms with Crippen molar-refractivity contribution in [2.24, 2.45) is 5.92 Å². The van der Waals surface area contributed by atoms with Crippen LogP contribution < -0.4 is 5.32 Å². The number of nitrogens with one attached hydrogen (secondary N) is 1. The molecular formula is C15H19BrN2O3. The van der Waals surface area contributed by atoms with E-state index in [1.807, 2.05) is 24.3 Å². The standard InChI is InChI=1S/C15H19BrN2O3/c16-12-4-1-5-13(9-12)17-14(19)6-8-18-7-2-3-11(10-18)15(20)21/h1,4-5,9,11H,2-3,6-8,10H2,(H,17,19)(H,20,21). The molecule has 1 aliphatic heterocycles. The zero-order valence-electron chi connectivity index (χ0n) is 11.7. The number of aliphatic carboxylic acids is 1. The minimum Gasteiger partial charge on any atom is -0.481 e. The lowest BCUT2D eigenvalue weighted by atomic mass is 9.98. The third kappa shape index (κ3) is 5.13. The van der Waals surface area contributed by atoms with E-state index in [9.17, 15) is 9.59 Å². The lowest BCUT2D eigenvalue weighted by Gasteiger charge is -2.30. The number of carboxylic acid groups (broad SMARTS) is 1. The second-order valence-corrected chi connectivity index (χ2v) is 6.20. The van der Waals surface area contributed by atoms with Gasteiger partial charge in [0.1, 0.15) is 0 Å². The molecule has 1 heterocycles. The second kappa shape index (κ2) is 7.56. The molecule has 0 spiro atoms. The summed E-state index contributed by atoms with van der Waals surface area (Å²) in [4.78, 5) is 25.0. The van der Waals surface area contributed by atoms with Gasteiger partial charge in [0.15, 0.2) is 0 Å². The average Bonchev–Trinajstić information content (AvgIpc) is 2.45. The summed E-state index contributed by atoms with van der Waals surface area (Å²) in [6.45, 7) is 2.01. The summed E-state index contributed by atoms with van der Waals surface area (Å²) in [5, 5.41) is 11.9. The summed E-state index contributed by atoms with van der Waals surface area (Å²) in [6, 6.07) is 7.44. The monoisotopic (exact) mass is 354 g/mol. The summed E-state index contributed by atoms with van der Waals surface area (Å²) < 4.78 is 0.917. The van der Waals surface area contributed by atoms with Crippen LogP contribution in [0.4, 0.5) is 5.69 Å². The molecule has 1 amide bonds. The van der Waals surface area contributed by atoms with Crippen LogP contribution in [0.25, 0.3) is 0 Å². The number of carboxylic acids is 1. The van der Waals surface area contributed by atoms with Crippen molar-refractivity contribution in [1.29, 1.82) is 0 Å². The first-order valence-corrected chi connectivity index (χ1v) is 7.84. The molecule has 2 rings (SSSR count). The van der Waals surface area contributed by atoms with E-state index in [-0.39, 0.29) is 11.8 Å². The number of benzene rings is 1. The molecule has 0 bridgehead atoms. The molecule has 1 unspecified atom stereocenters. The average molecular weight is 355 g/mol. The molecule has 1 aliphatic rings. The Kier molecular flexibility index (Phi) is 5.76. The van der Waals surface area contributed by atoms with Gasteiger partial charge in [0.2, 0.25) is 5.91 Å². The van der Waals surface area contributed by atoms with Crippen LogP contribution >= 0.6 is 15.9 Å². The molecule has 21 heavy (non-hydrogen) atoms. The van der Waals surface area contributed by atoms with E-state index >= 15 is 0 Å². The molecule has 1 fully saturated rings. The van der Waals surface area contributed by atoms with E-state index in [1.165, 1.54) is 0 Å². The topological polar surface area (TPSA) is 69.6 Å². The predicted octanol–water partition coefficient (Wildman–Crippen LogP) is 2.57. The van der Waals surface area contributed by atoms with E-state index in [2.05, 4.69) is 26.1 Å². The third-order valence-electron chi connectivity index (χ3n) is 3.62. The van der Waals surface area contributed by atoms with Crippen LogP contribution in [0.1, 0.15) is 19.3 Å². The molecule has 0 saturated carbocycles. The first-order chi connectivity index (χ1) is 10.0. The lowest BCUT2D eigenvalue weighted by Crippen LogP contribution is -2.40. The fourth-order valence-electron chi connectivity index (χ4n) is 2.51. The highest BCUT2D eigenvalue weighted by Crippen LogP contribution is 2.18. The van der Waals surface area contributed by atoms with Crippen molar-refractivity contribution in [3.8, 4) is 0 Å². The van der Waals surface area contributed by atoms with Crippen LogP contribution in [-0.2, 0) is 9.59 Å². The zero-order valence-corrected chi connectivity index (χ0v) is 13.3. The van der Waals surface area contributed by atoms with Crippen molar-refractivity contribution in [2.45, 2.75) is 19.3 Å². The smallest absolute Gasteiger partial charge is 0.307 e. The van der Waals surface area contributed by atoms with E-state index in [1.54, 1.807) is 0 Å². The van der Waals surface area contributed by atoms with Gasteiger partial charge in [0.05, 0.1) is 5.92 Å². The Labute approximate surface area is 132 Å². The second-order valence-electron chi connectivity index (χ2n) is 5.29. The van der Waals surface area contributed by atoms with E-state index in [0.29, 0.717) is 19.5 Å². The molecule has 1 aromatic carbocycles. The van der Waals surface area contributed by atoms with Crippen molar-refractivity contribution < 1.29 is 14.7 Å². The quantitative estimate of drug-likeness (QED) is 0.852. The van der Waals surface area contributed by atoms with Crippen molar-refractivity contribution in [1.82, 2.24) is 4.90 Å². The highest BCUT2D eigenvalue weighted by Gasteiger charge is 2.25. The summed E-state index contributed by atoms with van der Waals surface area (Å²) in [5.41, 5.74) is 0.761. The summed E-state index contributed by atoms with van der Waals surface area (Å²) in [6.07, 6.45) is 1.99. The number of rotatable bonds is 5. The van der Waals surface area contributed by atoms with Gasteiger partial charge in [-0.15, -0.1) is 0 Å². The molecule has 6 heteroatoms. The Morgan fingerprint density at radius 1 is 1.43 bits per heavy atom. The number of likely N-dealkylation sites (tertiary alicyclic amines) is 1. The van der Waals surface area contributed by atoms with Crippen LogP contribution in [0.3, 0.4) is 0 Å². The van der Waals surface area contributed by atoms with Crippen molar-refractivity contribution in [3.05, 3.63) is 28.7 Å². The Balaban J connectivity index is 1.77. The van der Waals surface area contributed by atoms with E-state index < -0.39 is 5.97 Å². The maximum absolute atomic E-state index is 11.9. The number of nitrogens with zero attached hydrogens (tertiary/aromatic N) is 1. The van der Waals surface area contributed by atoms with Gasteiger partial charge in [-0.25, -0.2) is 0 Å². The third-order valence-corrected chi connectivity index (χ3v) is 4.11. The number of halogens is 1. The molecule has 1 saturated heterocycles. The summed E-state index contributed by atoms with van der Waals surface area (Å²) in [7, 11) is 0. The van der Waals surface area contributed by atoms with Crippen LogP contribution in [-0.4, -0.2) is 41.5 Å². The fourth-order valence-corrected chi connectivity index (χ4v) is 2.91. The van der Waals surface area contributed by atoms with Gasteiger partial charge in [0, 0.05) is 29.7 Å². The first-order valence-electron chi connectivity index (χ1n) is 7.05. The summed E-state index contributed by atoms with van der Waals surface area (Å²) in [5.74, 6) is -1.09. The number of piperidine rings is 1. The number of hydrogen-bond acceptors (Lipinski definition) is 3. The van der Waals surface area contributed by atoms with Gasteiger partial charge >= 0.3 is 5.97 Å². The van der Waals surface area contributed by atoms with Gasteiger partial charge in [-0.3, -0.25) is 9.59 Å². The largest absolute Gasteiger partial charge is 0.481 e. The highest BCUT2D eigenvalue weighted by molar-refractivity contribution is 9.10. The molecule has 1 aromatic rings. The maximum Gasteiger partial charge on any atom is 0.307 e. The van der Waals surface area contributed by atoms with E-state index in [0.717, 1.165) is 29.5 Å². The summed E-state index contributed by atoms with van der Waals surface area (Å²) >= 11 is 3.36. The maximum atomic E-state index is 11.9. The molecule has 114 valence electrons. The molecule has 0 aromatic heterocycles. The normalized spacial score (nSPS) is 19.2. The molecule has 5 nitrogen and oxygen atoms in total. The Bertz CT molecular complexity index is 521. The van der Waals surface area contributed by atoms with Crippen LogP contribution in [0.15, 0.2) is 28.7 Å². The minimum atomic E-state index is -0.738. The number of amides is 1. The Hall–Kier alpha value is -1.40. The van der Waals surface area contributed by atoms with Gasteiger partial charge < -0.3 is 15.3 Å². The highest BCUT2D eigenvalue weighted by atomic mass is 79.9. The van der Waals surface area contributed by atoms with Crippen molar-refractivity contribution in [2.75, 3.05) is 25.0 Å². The zero-order chi connectivity index (χ0) is 15.2. The van der Waals surface area contributed by atoms with Crippen LogP contribution in [0.5, 0.6) is 0 Å². The SMILES string of the molecule is O=C(CCN1CCCC(C(=O)O)C1)Nc1cccc(Br)c1. The van der Waals surface area contributed by atoms with Crippen LogP contribution in [0.2, 0.25) is 0 Å². The van der Waals surface area contributed by atoms with Crippen molar-refractivity contribution >= 4 is 33.5 Å². The molecule has 2 N–H and O–H groups in total. The van der Waals surface area contributed by atoms with E-state index in [4.69, 9.17) is 5.11 Å². The van der Waals surface area contributed by atoms with Crippen LogP contribution in [0, 0.1) is 5.92 Å². The molecule has 0 radical (unpaired) electrons. The number of carbonyl (C=O) groups is 2. The number of hydrogen-bond donors (Lipinski definition) is 2. The number of carbonyl (C=O) groups excluding carboxylic acids is 1. The van der Waals surface area contributed by atoms with Gasteiger partial charge in [-0.1, -0.05) is 22.0 Å². The predicted molar refractivity (Wildman–Crippen MR) is 84.2 cm³/mol. The molecule has 1 atom stereocenters. The minimum absolute atomic E-state index is 0.0504. The first kappa shape index (κ1) is 16.0. The fraction of sp³-hybridized carbons (Fsp3) is 0.467. The van der Waals surface area contributed by atoms with Crippen molar-refractivity contribution in [3.63, 3.8) is 0 Å². The molecular weight excluding hydrogens is 336 g/mol. The van der Waals surface area contributed by atoms with Gasteiger partial charge in [-0.2, -0.15) is 0 Å². The Morgan fingerprint density at radius 3 is 2.95 bits per heavy atom. The van der Waals surface area contributed by atoms with Gasteiger partial charge in [0.25, 0.3) is 0 Å². The Morgan fingerprint density at radius 2 is 2.24 bits per heavy atom. The number of anilines is 1. The van der Waals surface area contributed by atoms with Gasteiger partial charge in [-0.05, 0) is 37.6 Å².